The standard InChI is InChI=1S/C22H21N5O4S/c1-31-19(28)11-18(23)15-9-7-14(8-10-15)17-12-27(22-20(17)21(24)25-13-26-22)32(29,30)16-5-3-2-4-6-16/h2-10,12-13,18H,11,23H2,1H3,(H2,24,25,26)/t18-/m1/s1. The Morgan fingerprint density at radius 2 is 1.78 bits per heavy atom. The SMILES string of the molecule is COC(=O)C[C@@H](N)c1ccc(-c2cn(S(=O)(=O)c3ccccc3)c3ncnc(N)c23)cc1. The van der Waals surface area contributed by atoms with Gasteiger partial charge in [-0.25, -0.2) is 22.4 Å². The molecule has 0 bridgehead atoms. The summed E-state index contributed by atoms with van der Waals surface area (Å²) in [6.45, 7) is 0. The highest BCUT2D eigenvalue weighted by atomic mass is 32.2. The van der Waals surface area contributed by atoms with E-state index >= 15 is 0 Å². The fourth-order valence-electron chi connectivity index (χ4n) is 3.46. The zero-order valence-electron chi connectivity index (χ0n) is 17.2. The van der Waals surface area contributed by atoms with Gasteiger partial charge in [-0.1, -0.05) is 42.5 Å². The fourth-order valence-corrected chi connectivity index (χ4v) is 4.80. The highest BCUT2D eigenvalue weighted by Crippen LogP contribution is 2.35. The first kappa shape index (κ1) is 21.5. The van der Waals surface area contributed by atoms with Gasteiger partial charge in [0.15, 0.2) is 5.65 Å². The zero-order chi connectivity index (χ0) is 22.9. The second kappa shape index (κ2) is 8.40. The summed E-state index contributed by atoms with van der Waals surface area (Å²) in [6, 6.07) is 14.7. The third-order valence-corrected chi connectivity index (χ3v) is 6.81. The van der Waals surface area contributed by atoms with Gasteiger partial charge >= 0.3 is 5.97 Å². The van der Waals surface area contributed by atoms with Crippen LogP contribution in [0.5, 0.6) is 0 Å². The lowest BCUT2D eigenvalue weighted by Gasteiger charge is -2.11. The zero-order valence-corrected chi connectivity index (χ0v) is 18.0. The first-order valence-electron chi connectivity index (χ1n) is 9.68. The number of methoxy groups -OCH3 is 1. The van der Waals surface area contributed by atoms with Crippen LogP contribution >= 0.6 is 0 Å². The van der Waals surface area contributed by atoms with E-state index in [0.717, 1.165) is 9.54 Å². The van der Waals surface area contributed by atoms with E-state index in [-0.39, 0.29) is 22.8 Å². The summed E-state index contributed by atoms with van der Waals surface area (Å²) in [5.74, 6) is -0.237. The number of hydrogen-bond donors (Lipinski definition) is 2. The summed E-state index contributed by atoms with van der Waals surface area (Å²) in [7, 11) is -2.60. The molecule has 10 heteroatoms. The first-order valence-corrected chi connectivity index (χ1v) is 11.1. The lowest BCUT2D eigenvalue weighted by atomic mass is 10.00. The molecule has 0 radical (unpaired) electrons. The maximum absolute atomic E-state index is 13.3. The number of carbonyl (C=O) groups is 1. The van der Waals surface area contributed by atoms with Crippen LogP contribution in [0.4, 0.5) is 5.82 Å². The van der Waals surface area contributed by atoms with Crippen molar-refractivity contribution in [3.8, 4) is 11.1 Å². The number of esters is 1. The van der Waals surface area contributed by atoms with E-state index in [1.54, 1.807) is 42.5 Å². The first-order chi connectivity index (χ1) is 15.3. The Labute approximate surface area is 184 Å². The lowest BCUT2D eigenvalue weighted by molar-refractivity contribution is -0.141. The van der Waals surface area contributed by atoms with E-state index < -0.39 is 22.0 Å². The molecule has 0 fully saturated rings. The monoisotopic (exact) mass is 451 g/mol. The third-order valence-electron chi connectivity index (χ3n) is 5.15. The number of hydrogen-bond acceptors (Lipinski definition) is 8. The molecule has 1 atom stereocenters. The number of nitrogens with zero attached hydrogens (tertiary/aromatic N) is 3. The van der Waals surface area contributed by atoms with E-state index in [2.05, 4.69) is 14.7 Å². The van der Waals surface area contributed by atoms with Crippen molar-refractivity contribution in [2.45, 2.75) is 17.4 Å². The van der Waals surface area contributed by atoms with Gasteiger partial charge in [0.2, 0.25) is 0 Å². The molecule has 0 aliphatic rings. The van der Waals surface area contributed by atoms with Gasteiger partial charge < -0.3 is 16.2 Å². The summed E-state index contributed by atoms with van der Waals surface area (Å²) >= 11 is 0. The van der Waals surface area contributed by atoms with Gasteiger partial charge in [0.1, 0.15) is 12.1 Å². The number of ether oxygens (including phenoxy) is 1. The van der Waals surface area contributed by atoms with Crippen molar-refractivity contribution in [2.24, 2.45) is 5.73 Å². The summed E-state index contributed by atoms with van der Waals surface area (Å²) in [5, 5.41) is 0.429. The fraction of sp³-hybridized carbons (Fsp3) is 0.136. The molecule has 0 saturated heterocycles. The quantitative estimate of drug-likeness (QED) is 0.426. The molecule has 0 aliphatic carbocycles. The van der Waals surface area contributed by atoms with Crippen LogP contribution in [0.25, 0.3) is 22.2 Å². The molecule has 2 aromatic heterocycles. The molecule has 32 heavy (non-hydrogen) atoms. The third kappa shape index (κ3) is 3.81. The van der Waals surface area contributed by atoms with E-state index in [1.165, 1.54) is 31.8 Å². The maximum atomic E-state index is 13.3. The predicted octanol–water partition coefficient (Wildman–Crippen LogP) is 2.48. The Balaban J connectivity index is 1.82. The topological polar surface area (TPSA) is 143 Å². The second-order valence-corrected chi connectivity index (χ2v) is 8.94. The Kier molecular flexibility index (Phi) is 5.64. The average molecular weight is 452 g/mol. The van der Waals surface area contributed by atoms with Gasteiger partial charge in [0.25, 0.3) is 10.0 Å². The molecule has 4 rings (SSSR count). The molecule has 9 nitrogen and oxygen atoms in total. The number of nitrogen functional groups attached to an aromatic ring is 1. The highest BCUT2D eigenvalue weighted by Gasteiger charge is 2.24. The predicted molar refractivity (Wildman–Crippen MR) is 120 cm³/mol. The molecule has 2 heterocycles. The van der Waals surface area contributed by atoms with Crippen LogP contribution in [0.3, 0.4) is 0 Å². The molecule has 0 aliphatic heterocycles. The van der Waals surface area contributed by atoms with Crippen molar-refractivity contribution in [3.63, 3.8) is 0 Å². The number of nitrogens with two attached hydrogens (primary N) is 2. The average Bonchev–Trinajstić information content (AvgIpc) is 3.21. The number of fused-ring (bicyclic) bond motifs is 1. The van der Waals surface area contributed by atoms with Crippen LogP contribution in [0.15, 0.2) is 72.0 Å². The summed E-state index contributed by atoms with van der Waals surface area (Å²) in [6.07, 6.45) is 2.76. The molecular weight excluding hydrogens is 430 g/mol. The minimum absolute atomic E-state index is 0.0469. The molecular formula is C22H21N5O4S. The molecule has 0 unspecified atom stereocenters. The minimum Gasteiger partial charge on any atom is -0.469 e. The molecule has 4 aromatic rings. The summed E-state index contributed by atoms with van der Waals surface area (Å²) < 4.78 is 32.3. The Bertz CT molecular complexity index is 1380. The van der Waals surface area contributed by atoms with E-state index in [4.69, 9.17) is 11.5 Å². The van der Waals surface area contributed by atoms with E-state index in [1.807, 2.05) is 0 Å². The van der Waals surface area contributed by atoms with Gasteiger partial charge in [0.05, 0.1) is 23.8 Å². The maximum Gasteiger partial charge on any atom is 0.307 e. The minimum atomic E-state index is -3.91. The number of benzene rings is 2. The number of anilines is 1. The van der Waals surface area contributed by atoms with Crippen LogP contribution < -0.4 is 11.5 Å². The Morgan fingerprint density at radius 3 is 2.44 bits per heavy atom. The Hall–Kier alpha value is -3.76. The van der Waals surface area contributed by atoms with Crippen molar-refractivity contribution in [2.75, 3.05) is 12.8 Å². The molecule has 164 valence electrons. The largest absolute Gasteiger partial charge is 0.469 e. The number of aromatic nitrogens is 3. The smallest absolute Gasteiger partial charge is 0.307 e. The second-order valence-electron chi connectivity index (χ2n) is 7.12. The van der Waals surface area contributed by atoms with Crippen LogP contribution in [-0.2, 0) is 19.6 Å². The highest BCUT2D eigenvalue weighted by molar-refractivity contribution is 7.90. The Morgan fingerprint density at radius 1 is 1.09 bits per heavy atom. The van der Waals surface area contributed by atoms with Gasteiger partial charge in [-0.3, -0.25) is 4.79 Å². The van der Waals surface area contributed by atoms with Crippen molar-refractivity contribution < 1.29 is 17.9 Å². The van der Waals surface area contributed by atoms with Gasteiger partial charge in [-0.15, -0.1) is 0 Å². The van der Waals surface area contributed by atoms with E-state index in [0.29, 0.717) is 16.5 Å². The van der Waals surface area contributed by atoms with Gasteiger partial charge in [0, 0.05) is 17.8 Å². The normalized spacial score (nSPS) is 12.6. The molecule has 4 N–H and O–H groups in total. The van der Waals surface area contributed by atoms with Gasteiger partial charge in [-0.05, 0) is 23.3 Å². The number of carbonyl (C=O) groups excluding carboxylic acids is 1. The summed E-state index contributed by atoms with van der Waals surface area (Å²) in [5.41, 5.74) is 14.4. The molecule has 0 spiro atoms. The molecule has 0 amide bonds. The van der Waals surface area contributed by atoms with Crippen LogP contribution in [0, 0.1) is 0 Å². The van der Waals surface area contributed by atoms with Crippen LogP contribution in [-0.4, -0.2) is 35.4 Å². The lowest BCUT2D eigenvalue weighted by Crippen LogP contribution is -2.16. The van der Waals surface area contributed by atoms with Gasteiger partial charge in [-0.2, -0.15) is 0 Å². The van der Waals surface area contributed by atoms with Crippen molar-refractivity contribution in [1.82, 2.24) is 13.9 Å². The van der Waals surface area contributed by atoms with Crippen LogP contribution in [0.1, 0.15) is 18.0 Å². The van der Waals surface area contributed by atoms with Crippen molar-refractivity contribution in [3.05, 3.63) is 72.7 Å². The van der Waals surface area contributed by atoms with E-state index in [9.17, 15) is 13.2 Å². The number of rotatable bonds is 6. The van der Waals surface area contributed by atoms with Crippen molar-refractivity contribution in [1.29, 1.82) is 0 Å². The van der Waals surface area contributed by atoms with Crippen LogP contribution in [0.2, 0.25) is 0 Å². The van der Waals surface area contributed by atoms with Crippen molar-refractivity contribution >= 4 is 32.8 Å². The summed E-state index contributed by atoms with van der Waals surface area (Å²) in [4.78, 5) is 19.8. The molecule has 2 aromatic carbocycles. The molecule has 0 saturated carbocycles.